The number of likely N-dealkylation sites (tertiary alicyclic amines) is 1. The number of benzene rings is 1. The van der Waals surface area contributed by atoms with E-state index in [1.807, 2.05) is 4.90 Å². The molecule has 1 amide bonds. The van der Waals surface area contributed by atoms with Gasteiger partial charge in [-0.15, -0.1) is 0 Å². The minimum absolute atomic E-state index is 0.0522. The Morgan fingerprint density at radius 2 is 2.21 bits per heavy atom. The van der Waals surface area contributed by atoms with Gasteiger partial charge in [-0.1, -0.05) is 31.9 Å². The minimum Gasteiger partial charge on any atom is -0.507 e. The molecular formula is C14H17Br2NO2. The molecule has 1 aliphatic rings. The predicted octanol–water partition coefficient (Wildman–Crippen LogP) is 3.93. The lowest BCUT2D eigenvalue weighted by Crippen LogP contribution is -2.44. The van der Waals surface area contributed by atoms with Gasteiger partial charge in [0.2, 0.25) is 0 Å². The van der Waals surface area contributed by atoms with Crippen LogP contribution >= 0.6 is 31.9 Å². The van der Waals surface area contributed by atoms with Crippen molar-refractivity contribution in [2.45, 2.75) is 31.7 Å². The first kappa shape index (κ1) is 14.9. The fraction of sp³-hybridized carbons (Fsp3) is 0.500. The van der Waals surface area contributed by atoms with E-state index < -0.39 is 0 Å². The molecule has 0 saturated carbocycles. The topological polar surface area (TPSA) is 40.5 Å². The van der Waals surface area contributed by atoms with Crippen molar-refractivity contribution in [2.24, 2.45) is 0 Å². The molecule has 1 aromatic carbocycles. The molecular weight excluding hydrogens is 374 g/mol. The van der Waals surface area contributed by atoms with Crippen molar-refractivity contribution in [1.82, 2.24) is 4.90 Å². The Hall–Kier alpha value is -0.550. The minimum atomic E-state index is -0.0653. The number of piperidine rings is 1. The second-order valence-corrected chi connectivity index (χ2v) is 6.50. The van der Waals surface area contributed by atoms with Crippen LogP contribution in [0.5, 0.6) is 5.75 Å². The smallest absolute Gasteiger partial charge is 0.257 e. The molecule has 1 fully saturated rings. The van der Waals surface area contributed by atoms with Gasteiger partial charge in [-0.2, -0.15) is 0 Å². The van der Waals surface area contributed by atoms with E-state index in [-0.39, 0.29) is 17.7 Å². The maximum atomic E-state index is 12.6. The Morgan fingerprint density at radius 3 is 2.95 bits per heavy atom. The Labute approximate surface area is 130 Å². The molecule has 0 spiro atoms. The number of nitrogens with zero attached hydrogens (tertiary/aromatic N) is 1. The Kier molecular flexibility index (Phi) is 5.28. The summed E-state index contributed by atoms with van der Waals surface area (Å²) in [7, 11) is 0. The van der Waals surface area contributed by atoms with Gasteiger partial charge in [0.25, 0.3) is 5.91 Å². The van der Waals surface area contributed by atoms with Gasteiger partial charge in [-0.25, -0.2) is 0 Å². The Balaban J connectivity index is 2.23. The largest absolute Gasteiger partial charge is 0.507 e. The summed E-state index contributed by atoms with van der Waals surface area (Å²) in [5.41, 5.74) is 0.385. The highest BCUT2D eigenvalue weighted by molar-refractivity contribution is 9.10. The number of aromatic hydroxyl groups is 1. The summed E-state index contributed by atoms with van der Waals surface area (Å²) in [5, 5.41) is 10.8. The van der Waals surface area contributed by atoms with Crippen LogP contribution < -0.4 is 0 Å². The van der Waals surface area contributed by atoms with Crippen LogP contribution in [0.4, 0.5) is 0 Å². The maximum absolute atomic E-state index is 12.6. The molecule has 0 aliphatic carbocycles. The molecule has 1 atom stereocenters. The van der Waals surface area contributed by atoms with Crippen molar-refractivity contribution in [2.75, 3.05) is 11.9 Å². The molecule has 0 radical (unpaired) electrons. The van der Waals surface area contributed by atoms with E-state index in [2.05, 4.69) is 31.9 Å². The fourth-order valence-corrected chi connectivity index (χ4v) is 3.42. The fourth-order valence-electron chi connectivity index (χ4n) is 2.53. The molecule has 1 heterocycles. The second kappa shape index (κ2) is 6.75. The molecule has 1 aliphatic heterocycles. The highest BCUT2D eigenvalue weighted by Gasteiger charge is 2.28. The van der Waals surface area contributed by atoms with Gasteiger partial charge in [0.1, 0.15) is 5.75 Å². The number of alkyl halides is 1. The number of rotatable bonds is 3. The molecule has 1 N–H and O–H groups in total. The molecule has 19 heavy (non-hydrogen) atoms. The lowest BCUT2D eigenvalue weighted by molar-refractivity contribution is 0.0607. The van der Waals surface area contributed by atoms with Crippen LogP contribution in [0.2, 0.25) is 0 Å². The summed E-state index contributed by atoms with van der Waals surface area (Å²) < 4.78 is 0.808. The Bertz CT molecular complexity index is 463. The lowest BCUT2D eigenvalue weighted by atomic mass is 9.98. The van der Waals surface area contributed by atoms with E-state index in [1.54, 1.807) is 18.2 Å². The molecule has 104 valence electrons. The second-order valence-electron chi connectivity index (χ2n) is 4.79. The van der Waals surface area contributed by atoms with Crippen molar-refractivity contribution in [3.05, 3.63) is 28.2 Å². The van der Waals surface area contributed by atoms with Gasteiger partial charge in [0.15, 0.2) is 0 Å². The van der Waals surface area contributed by atoms with Gasteiger partial charge in [-0.3, -0.25) is 4.79 Å². The number of carbonyl (C=O) groups excluding carboxylic acids is 1. The molecule has 1 aromatic rings. The highest BCUT2D eigenvalue weighted by atomic mass is 79.9. The summed E-state index contributed by atoms with van der Waals surface area (Å²) in [5.74, 6) is -0.0131. The zero-order chi connectivity index (χ0) is 13.8. The van der Waals surface area contributed by atoms with Crippen LogP contribution in [0.25, 0.3) is 0 Å². The number of phenols is 1. The SMILES string of the molecule is O=C(c1cc(Br)ccc1O)N1CCCCC1CCBr. The van der Waals surface area contributed by atoms with Gasteiger partial charge in [0.05, 0.1) is 5.56 Å². The average molecular weight is 391 g/mol. The summed E-state index contributed by atoms with van der Waals surface area (Å²) in [6.07, 6.45) is 4.22. The first-order chi connectivity index (χ1) is 9.13. The van der Waals surface area contributed by atoms with Crippen LogP contribution in [0.15, 0.2) is 22.7 Å². The van der Waals surface area contributed by atoms with Crippen LogP contribution in [-0.4, -0.2) is 33.8 Å². The third-order valence-electron chi connectivity index (χ3n) is 3.52. The molecule has 3 nitrogen and oxygen atoms in total. The first-order valence-corrected chi connectivity index (χ1v) is 8.40. The van der Waals surface area contributed by atoms with Crippen molar-refractivity contribution in [3.63, 3.8) is 0 Å². The van der Waals surface area contributed by atoms with Crippen molar-refractivity contribution in [1.29, 1.82) is 0 Å². The summed E-state index contributed by atoms with van der Waals surface area (Å²) in [6.45, 7) is 0.780. The van der Waals surface area contributed by atoms with E-state index in [4.69, 9.17) is 0 Å². The third kappa shape index (κ3) is 3.51. The zero-order valence-corrected chi connectivity index (χ0v) is 13.8. The monoisotopic (exact) mass is 389 g/mol. The average Bonchev–Trinajstić information content (AvgIpc) is 2.42. The standard InChI is InChI=1S/C14H17Br2NO2/c15-7-6-11-3-1-2-8-17(11)14(19)12-9-10(16)4-5-13(12)18/h4-5,9,11,18H,1-3,6-8H2. The number of hydrogen-bond donors (Lipinski definition) is 1. The van der Waals surface area contributed by atoms with Crippen LogP contribution in [0.1, 0.15) is 36.0 Å². The molecule has 1 saturated heterocycles. The first-order valence-electron chi connectivity index (χ1n) is 6.49. The van der Waals surface area contributed by atoms with E-state index in [0.29, 0.717) is 5.56 Å². The number of carbonyl (C=O) groups is 1. The number of phenolic OH excluding ortho intramolecular Hbond substituents is 1. The molecule has 2 rings (SSSR count). The Morgan fingerprint density at radius 1 is 1.42 bits per heavy atom. The predicted molar refractivity (Wildman–Crippen MR) is 82.9 cm³/mol. The van der Waals surface area contributed by atoms with Crippen LogP contribution in [-0.2, 0) is 0 Å². The van der Waals surface area contributed by atoms with Gasteiger partial charge < -0.3 is 10.0 Å². The van der Waals surface area contributed by atoms with Gasteiger partial charge in [0, 0.05) is 22.4 Å². The van der Waals surface area contributed by atoms with Gasteiger partial charge >= 0.3 is 0 Å². The number of amides is 1. The third-order valence-corrected chi connectivity index (χ3v) is 4.47. The van der Waals surface area contributed by atoms with E-state index in [1.165, 1.54) is 6.42 Å². The molecule has 1 unspecified atom stereocenters. The summed E-state index contributed by atoms with van der Waals surface area (Å²) >= 11 is 6.79. The number of halogens is 2. The van der Waals surface area contributed by atoms with Crippen molar-refractivity contribution in [3.8, 4) is 5.75 Å². The molecule has 0 aromatic heterocycles. The van der Waals surface area contributed by atoms with E-state index >= 15 is 0 Å². The quantitative estimate of drug-likeness (QED) is 0.794. The van der Waals surface area contributed by atoms with Crippen molar-refractivity contribution < 1.29 is 9.90 Å². The van der Waals surface area contributed by atoms with Crippen LogP contribution in [0, 0.1) is 0 Å². The van der Waals surface area contributed by atoms with E-state index in [0.717, 1.165) is 35.6 Å². The maximum Gasteiger partial charge on any atom is 0.257 e. The summed E-state index contributed by atoms with van der Waals surface area (Å²) in [4.78, 5) is 14.5. The normalized spacial score (nSPS) is 19.5. The van der Waals surface area contributed by atoms with Gasteiger partial charge in [-0.05, 0) is 43.9 Å². The van der Waals surface area contributed by atoms with Crippen LogP contribution in [0.3, 0.4) is 0 Å². The number of hydrogen-bond acceptors (Lipinski definition) is 2. The van der Waals surface area contributed by atoms with Crippen molar-refractivity contribution >= 4 is 37.8 Å². The highest BCUT2D eigenvalue weighted by Crippen LogP contribution is 2.27. The molecule has 5 heteroatoms. The zero-order valence-electron chi connectivity index (χ0n) is 10.6. The van der Waals surface area contributed by atoms with E-state index in [9.17, 15) is 9.90 Å². The summed E-state index contributed by atoms with van der Waals surface area (Å²) in [6, 6.07) is 5.26. The molecule has 0 bridgehead atoms. The lowest BCUT2D eigenvalue weighted by Gasteiger charge is -2.35.